The SMILES string of the molecule is N=C1Oc2oc(-c3ccccc3)cc2C2C1=C(N)Oc1ccccc12. The standard InChI is InChI=1S/C20H14N2O3/c21-18-17-16(12-8-4-5-9-14(12)23-18)13-10-15(11-6-2-1-3-7-11)24-20(13)25-19(17)22/h1-10,16,22H,21H2. The summed E-state index contributed by atoms with van der Waals surface area (Å²) < 4.78 is 17.2. The van der Waals surface area contributed by atoms with E-state index < -0.39 is 0 Å². The second-order valence-corrected chi connectivity index (χ2v) is 6.00. The molecule has 2 aliphatic rings. The van der Waals surface area contributed by atoms with Crippen LogP contribution >= 0.6 is 0 Å². The number of hydrogen-bond donors (Lipinski definition) is 2. The number of furan rings is 1. The van der Waals surface area contributed by atoms with Crippen LogP contribution in [0.1, 0.15) is 17.0 Å². The molecule has 0 spiro atoms. The molecule has 0 radical (unpaired) electrons. The van der Waals surface area contributed by atoms with Gasteiger partial charge in [-0.05, 0) is 12.1 Å². The lowest BCUT2D eigenvalue weighted by molar-refractivity contribution is 0.350. The Morgan fingerprint density at radius 2 is 1.64 bits per heavy atom. The van der Waals surface area contributed by atoms with Gasteiger partial charge in [0.05, 0.1) is 11.5 Å². The number of nitrogens with one attached hydrogen (secondary N) is 1. The molecule has 3 N–H and O–H groups in total. The van der Waals surface area contributed by atoms with E-state index in [9.17, 15) is 0 Å². The third-order valence-electron chi connectivity index (χ3n) is 4.54. The summed E-state index contributed by atoms with van der Waals surface area (Å²) in [4.78, 5) is 0. The van der Waals surface area contributed by atoms with Gasteiger partial charge in [0.15, 0.2) is 0 Å². The molecule has 5 heteroatoms. The minimum Gasteiger partial charge on any atom is -0.441 e. The van der Waals surface area contributed by atoms with Gasteiger partial charge in [-0.3, -0.25) is 5.41 Å². The number of hydrogen-bond acceptors (Lipinski definition) is 5. The highest BCUT2D eigenvalue weighted by Crippen LogP contribution is 2.50. The van der Waals surface area contributed by atoms with Gasteiger partial charge < -0.3 is 19.6 Å². The Morgan fingerprint density at radius 1 is 0.880 bits per heavy atom. The predicted octanol–water partition coefficient (Wildman–Crippen LogP) is 4.01. The molecule has 2 aliphatic heterocycles. The Labute approximate surface area is 143 Å². The van der Waals surface area contributed by atoms with Crippen molar-refractivity contribution in [3.8, 4) is 23.0 Å². The average Bonchev–Trinajstić information content (AvgIpc) is 3.06. The smallest absolute Gasteiger partial charge is 0.296 e. The molecule has 1 atom stereocenters. The van der Waals surface area contributed by atoms with Crippen molar-refractivity contribution < 1.29 is 13.9 Å². The second-order valence-electron chi connectivity index (χ2n) is 6.00. The van der Waals surface area contributed by atoms with Crippen molar-refractivity contribution in [2.45, 2.75) is 5.92 Å². The largest absolute Gasteiger partial charge is 0.441 e. The fourth-order valence-corrected chi connectivity index (χ4v) is 3.41. The molecule has 0 aliphatic carbocycles. The van der Waals surface area contributed by atoms with Gasteiger partial charge >= 0.3 is 0 Å². The van der Waals surface area contributed by atoms with Gasteiger partial charge in [-0.2, -0.15) is 0 Å². The molecular formula is C20H14N2O3. The van der Waals surface area contributed by atoms with Crippen molar-refractivity contribution in [1.82, 2.24) is 0 Å². The van der Waals surface area contributed by atoms with Crippen LogP contribution in [-0.2, 0) is 0 Å². The van der Waals surface area contributed by atoms with Crippen LogP contribution in [0, 0.1) is 5.41 Å². The third-order valence-corrected chi connectivity index (χ3v) is 4.54. The van der Waals surface area contributed by atoms with Crippen LogP contribution in [0.15, 0.2) is 76.5 Å². The molecule has 5 nitrogen and oxygen atoms in total. The van der Waals surface area contributed by atoms with Gasteiger partial charge in [-0.15, -0.1) is 0 Å². The summed E-state index contributed by atoms with van der Waals surface area (Å²) >= 11 is 0. The van der Waals surface area contributed by atoms with E-state index >= 15 is 0 Å². The zero-order valence-electron chi connectivity index (χ0n) is 13.2. The molecular weight excluding hydrogens is 316 g/mol. The van der Waals surface area contributed by atoms with Gasteiger partial charge in [-0.25, -0.2) is 0 Å². The van der Waals surface area contributed by atoms with Gasteiger partial charge in [0.2, 0.25) is 11.8 Å². The van der Waals surface area contributed by atoms with E-state index in [1.54, 1.807) is 0 Å². The molecule has 3 heterocycles. The summed E-state index contributed by atoms with van der Waals surface area (Å²) in [6.45, 7) is 0. The van der Waals surface area contributed by atoms with Gasteiger partial charge in [0, 0.05) is 16.7 Å². The Balaban J connectivity index is 1.73. The van der Waals surface area contributed by atoms with E-state index in [0.717, 1.165) is 16.7 Å². The fraction of sp³-hybridized carbons (Fsp3) is 0.0500. The number of fused-ring (bicyclic) bond motifs is 5. The average molecular weight is 330 g/mol. The van der Waals surface area contributed by atoms with E-state index in [1.807, 2.05) is 60.7 Å². The topological polar surface area (TPSA) is 81.5 Å². The first-order valence-corrected chi connectivity index (χ1v) is 7.94. The van der Waals surface area contributed by atoms with Crippen LogP contribution in [0.2, 0.25) is 0 Å². The molecule has 3 aromatic rings. The Morgan fingerprint density at radius 3 is 2.48 bits per heavy atom. The highest BCUT2D eigenvalue weighted by molar-refractivity contribution is 5.98. The number of rotatable bonds is 1. The first-order valence-electron chi connectivity index (χ1n) is 7.94. The molecule has 122 valence electrons. The number of para-hydroxylation sites is 1. The van der Waals surface area contributed by atoms with Crippen LogP contribution < -0.4 is 15.2 Å². The van der Waals surface area contributed by atoms with Crippen molar-refractivity contribution >= 4 is 5.90 Å². The minimum absolute atomic E-state index is 0.0431. The van der Waals surface area contributed by atoms with Gasteiger partial charge in [0.1, 0.15) is 11.5 Å². The fourth-order valence-electron chi connectivity index (χ4n) is 3.41. The van der Waals surface area contributed by atoms with Crippen LogP contribution in [0.5, 0.6) is 11.7 Å². The summed E-state index contributed by atoms with van der Waals surface area (Å²) in [7, 11) is 0. The summed E-state index contributed by atoms with van der Waals surface area (Å²) in [5, 5.41) is 8.23. The Bertz CT molecular complexity index is 1030. The lowest BCUT2D eigenvalue weighted by atomic mass is 9.82. The van der Waals surface area contributed by atoms with Crippen molar-refractivity contribution in [3.63, 3.8) is 0 Å². The highest BCUT2D eigenvalue weighted by Gasteiger charge is 2.41. The maximum atomic E-state index is 8.23. The molecule has 0 amide bonds. The van der Waals surface area contributed by atoms with Crippen molar-refractivity contribution in [3.05, 3.63) is 83.2 Å². The van der Waals surface area contributed by atoms with E-state index in [-0.39, 0.29) is 17.7 Å². The van der Waals surface area contributed by atoms with E-state index in [4.69, 9.17) is 25.0 Å². The van der Waals surface area contributed by atoms with Crippen molar-refractivity contribution in [1.29, 1.82) is 5.41 Å². The summed E-state index contributed by atoms with van der Waals surface area (Å²) in [5.41, 5.74) is 9.36. The lowest BCUT2D eigenvalue weighted by Gasteiger charge is -2.31. The summed E-state index contributed by atoms with van der Waals surface area (Å²) in [6.07, 6.45) is 0. The zero-order valence-corrected chi connectivity index (χ0v) is 13.2. The Hall–Kier alpha value is -3.47. The van der Waals surface area contributed by atoms with Crippen LogP contribution in [0.25, 0.3) is 11.3 Å². The van der Waals surface area contributed by atoms with Crippen LogP contribution in [0.4, 0.5) is 0 Å². The monoisotopic (exact) mass is 330 g/mol. The first kappa shape index (κ1) is 13.9. The molecule has 2 aromatic carbocycles. The third kappa shape index (κ3) is 1.99. The second kappa shape index (κ2) is 5.01. The number of benzene rings is 2. The molecule has 5 rings (SSSR count). The van der Waals surface area contributed by atoms with Crippen molar-refractivity contribution in [2.24, 2.45) is 5.73 Å². The van der Waals surface area contributed by atoms with E-state index in [0.29, 0.717) is 23.0 Å². The molecule has 25 heavy (non-hydrogen) atoms. The van der Waals surface area contributed by atoms with Crippen LogP contribution in [0.3, 0.4) is 0 Å². The normalized spacial score (nSPS) is 17.9. The molecule has 0 fully saturated rings. The van der Waals surface area contributed by atoms with E-state index in [1.165, 1.54) is 0 Å². The highest BCUT2D eigenvalue weighted by atomic mass is 16.6. The molecule has 1 unspecified atom stereocenters. The summed E-state index contributed by atoms with van der Waals surface area (Å²) in [6, 6.07) is 19.4. The molecule has 0 saturated carbocycles. The van der Waals surface area contributed by atoms with Gasteiger partial charge in [0.25, 0.3) is 5.95 Å². The predicted molar refractivity (Wildman–Crippen MR) is 92.6 cm³/mol. The maximum Gasteiger partial charge on any atom is 0.296 e. The quantitative estimate of drug-likeness (QED) is 0.706. The Kier molecular flexibility index (Phi) is 2.79. The molecule has 1 aromatic heterocycles. The van der Waals surface area contributed by atoms with E-state index in [2.05, 4.69) is 0 Å². The molecule has 0 bridgehead atoms. The first-order chi connectivity index (χ1) is 12.2. The van der Waals surface area contributed by atoms with Crippen molar-refractivity contribution in [2.75, 3.05) is 0 Å². The number of ether oxygens (including phenoxy) is 2. The summed E-state index contributed by atoms with van der Waals surface area (Å²) in [5.74, 6) is 1.64. The minimum atomic E-state index is -0.234. The number of nitrogens with two attached hydrogens (primary N) is 1. The zero-order chi connectivity index (χ0) is 17.0. The van der Waals surface area contributed by atoms with Gasteiger partial charge in [-0.1, -0.05) is 48.5 Å². The van der Waals surface area contributed by atoms with Crippen LogP contribution in [-0.4, -0.2) is 5.90 Å². The maximum absolute atomic E-state index is 8.23. The lowest BCUT2D eigenvalue weighted by Crippen LogP contribution is -2.31. The molecule has 0 saturated heterocycles.